The number of hydrogen-bond donors (Lipinski definition) is 0. The molecule has 5 aromatic rings. The van der Waals surface area contributed by atoms with Crippen molar-refractivity contribution in [1.29, 1.82) is 0 Å². The highest BCUT2D eigenvalue weighted by Gasteiger charge is 2.54. The summed E-state index contributed by atoms with van der Waals surface area (Å²) in [7, 11) is 3.10. The second-order valence-electron chi connectivity index (χ2n) is 11.7. The molecule has 11 nitrogen and oxygen atoms in total. The van der Waals surface area contributed by atoms with Gasteiger partial charge < -0.3 is 28.2 Å². The lowest BCUT2D eigenvalue weighted by Gasteiger charge is -2.40. The van der Waals surface area contributed by atoms with Crippen molar-refractivity contribution in [2.45, 2.75) is 54.9 Å². The van der Waals surface area contributed by atoms with Crippen molar-refractivity contribution in [1.82, 2.24) is 24.0 Å². The van der Waals surface area contributed by atoms with E-state index < -0.39 is 24.2 Å². The Balaban J connectivity index is 0.000000338. The largest absolute Gasteiger partial charge is 0.495 e. The first kappa shape index (κ1) is 41.4. The van der Waals surface area contributed by atoms with E-state index in [2.05, 4.69) is 15.1 Å². The minimum Gasteiger partial charge on any atom is -0.495 e. The molecule has 53 heavy (non-hydrogen) atoms. The number of methoxy groups -OCH3 is 2. The maximum atomic E-state index is 14.6. The van der Waals surface area contributed by atoms with Gasteiger partial charge >= 0.3 is 6.11 Å². The minimum atomic E-state index is -3.50. The highest BCUT2D eigenvalue weighted by molar-refractivity contribution is 6.01. The number of benzene rings is 3. The molecule has 282 valence electrons. The van der Waals surface area contributed by atoms with E-state index in [1.54, 1.807) is 61.6 Å². The Labute approximate surface area is 307 Å². The number of ether oxygens (including phenoxy) is 3. The number of nitrogens with zero attached hydrogens (tertiary/aromatic N) is 6. The molecule has 1 fully saturated rings. The summed E-state index contributed by atoms with van der Waals surface area (Å²) in [5.74, 6) is 0.693. The highest BCUT2D eigenvalue weighted by atomic mass is 19.3. The van der Waals surface area contributed by atoms with E-state index in [4.69, 9.17) is 19.0 Å². The molecule has 0 amide bonds. The van der Waals surface area contributed by atoms with Crippen molar-refractivity contribution in [3.63, 3.8) is 0 Å². The Morgan fingerprint density at radius 2 is 1.34 bits per heavy atom. The molecule has 0 aliphatic carbocycles. The number of aromatic nitrogens is 4. The molecule has 7 rings (SSSR count). The maximum Gasteiger partial charge on any atom is 0.416 e. The third-order valence-electron chi connectivity index (χ3n) is 8.10. The van der Waals surface area contributed by atoms with Crippen LogP contribution in [0.4, 0.5) is 13.2 Å². The van der Waals surface area contributed by atoms with Crippen LogP contribution in [-0.4, -0.2) is 63.0 Å². The van der Waals surface area contributed by atoms with Crippen LogP contribution in [0.3, 0.4) is 0 Å². The van der Waals surface area contributed by atoms with Gasteiger partial charge in [0, 0.05) is 30.4 Å². The fraction of sp³-hybridized carbons (Fsp3) is 0.282. The number of carbonyl (C=O) groups excluding carboxylic acids is 1. The number of aryl methyl sites for hydroxylation is 2. The van der Waals surface area contributed by atoms with E-state index in [0.29, 0.717) is 28.2 Å². The van der Waals surface area contributed by atoms with Crippen molar-refractivity contribution in [3.05, 3.63) is 125 Å². The zero-order chi connectivity index (χ0) is 35.6. The summed E-state index contributed by atoms with van der Waals surface area (Å²) >= 11 is 0. The molecular formula is C39H45F3N6O5. The van der Waals surface area contributed by atoms with Gasteiger partial charge in [-0.25, -0.2) is 14.4 Å². The molecule has 0 saturated carbocycles. The van der Waals surface area contributed by atoms with Crippen LogP contribution >= 0.6 is 0 Å². The van der Waals surface area contributed by atoms with Crippen molar-refractivity contribution in [3.8, 4) is 22.9 Å². The number of imidazole rings is 2. The van der Waals surface area contributed by atoms with E-state index in [1.807, 2.05) is 36.9 Å². The predicted octanol–water partition coefficient (Wildman–Crippen LogP) is 8.72. The molecule has 2 aliphatic heterocycles. The van der Waals surface area contributed by atoms with Crippen molar-refractivity contribution in [2.24, 2.45) is 5.16 Å². The molecule has 3 aromatic carbocycles. The van der Waals surface area contributed by atoms with Crippen molar-refractivity contribution < 1.29 is 37.0 Å². The average Bonchev–Trinajstić information content (AvgIpc) is 3.83. The summed E-state index contributed by atoms with van der Waals surface area (Å²) in [5.41, 5.74) is 3.67. The van der Waals surface area contributed by atoms with Crippen molar-refractivity contribution >= 4 is 18.2 Å². The van der Waals surface area contributed by atoms with E-state index in [0.717, 1.165) is 29.0 Å². The number of amidine groups is 1. The fourth-order valence-corrected chi connectivity index (χ4v) is 5.56. The molecule has 1 saturated heterocycles. The molecule has 2 aliphatic rings. The van der Waals surface area contributed by atoms with Gasteiger partial charge in [0.05, 0.1) is 49.6 Å². The monoisotopic (exact) mass is 734 g/mol. The predicted molar refractivity (Wildman–Crippen MR) is 198 cm³/mol. The number of alkyl halides is 2. The van der Waals surface area contributed by atoms with E-state index in [9.17, 15) is 18.0 Å². The summed E-state index contributed by atoms with van der Waals surface area (Å²) in [5, 5.41) is 4.04. The van der Waals surface area contributed by atoms with Gasteiger partial charge in [-0.05, 0) is 68.0 Å². The van der Waals surface area contributed by atoms with Crippen LogP contribution in [-0.2, 0) is 15.3 Å². The molecule has 1 unspecified atom stereocenters. The maximum absolute atomic E-state index is 14.6. The lowest BCUT2D eigenvalue weighted by atomic mass is 10.0. The molecule has 4 heterocycles. The topological polar surface area (TPSA) is 105 Å². The first-order chi connectivity index (χ1) is 23.9. The third kappa shape index (κ3) is 8.54. The Morgan fingerprint density at radius 1 is 0.811 bits per heavy atom. The first-order valence-corrected chi connectivity index (χ1v) is 15.3. The van der Waals surface area contributed by atoms with Crippen LogP contribution in [0.2, 0.25) is 0 Å². The summed E-state index contributed by atoms with van der Waals surface area (Å²) in [6.07, 6.45) is 5.87. The van der Waals surface area contributed by atoms with Gasteiger partial charge in [-0.1, -0.05) is 45.6 Å². The molecule has 0 radical (unpaired) electrons. The molecular weight excluding hydrogens is 689 g/mol. The van der Waals surface area contributed by atoms with Crippen LogP contribution in [0, 0.1) is 19.7 Å². The molecule has 1 atom stereocenters. The lowest BCUT2D eigenvalue weighted by molar-refractivity contribution is -0.242. The third-order valence-corrected chi connectivity index (χ3v) is 8.10. The Hall–Kier alpha value is -6.05. The van der Waals surface area contributed by atoms with Crippen LogP contribution in [0.5, 0.6) is 11.5 Å². The normalized spacial score (nSPS) is 17.2. The Morgan fingerprint density at radius 3 is 1.83 bits per heavy atom. The molecule has 0 spiro atoms. The van der Waals surface area contributed by atoms with Gasteiger partial charge in [0.1, 0.15) is 30.1 Å². The zero-order valence-corrected chi connectivity index (χ0v) is 27.8. The number of halogens is 3. The summed E-state index contributed by atoms with van der Waals surface area (Å²) in [4.78, 5) is 25.9. The Kier molecular flexibility index (Phi) is 12.9. The van der Waals surface area contributed by atoms with Crippen LogP contribution in [0.15, 0.2) is 96.6 Å². The van der Waals surface area contributed by atoms with Gasteiger partial charge in [0.25, 0.3) is 0 Å². The zero-order valence-electron chi connectivity index (χ0n) is 27.8. The average molecular weight is 735 g/mol. The smallest absolute Gasteiger partial charge is 0.416 e. The molecule has 0 bridgehead atoms. The quantitative estimate of drug-likeness (QED) is 0.153. The standard InChI is InChI=1S/C24H21F3N4O3.C12H12N2O2.3CH4/c1-15-12-30(14-28-15)19-9-4-16(10-20(19)32-3)11-21-22-29-34-23(2,17-5-7-18(25)8-6-17)31(22)13-24(26,27)33-21;1-9-6-14(8-13-9)11-4-3-10(7-15)5-12(11)16-2;;;/h4-12,14H,13H2,1-3H3;3-8H,1-2H3;3*1H4/b21-11-;;;;. The first-order valence-electron chi connectivity index (χ1n) is 15.3. The number of oxime groups is 1. The summed E-state index contributed by atoms with van der Waals surface area (Å²) in [6.45, 7) is 4.61. The SMILES string of the molecule is C.C.C.COc1cc(/C=C2\OC(F)(F)CN3C2=NOC3(C)c2ccc(F)cc2)ccc1-n1cnc(C)c1.COc1cc(C=O)ccc1-n1cnc(C)c1. The number of fused-ring (bicyclic) bond motifs is 1. The van der Waals surface area contributed by atoms with Gasteiger partial charge in [-0.3, -0.25) is 9.69 Å². The van der Waals surface area contributed by atoms with Crippen LogP contribution < -0.4 is 9.47 Å². The Bertz CT molecular complexity index is 2090. The van der Waals surface area contributed by atoms with Gasteiger partial charge in [-0.2, -0.15) is 8.78 Å². The summed E-state index contributed by atoms with van der Waals surface area (Å²) in [6, 6.07) is 16.0. The van der Waals surface area contributed by atoms with Gasteiger partial charge in [-0.15, -0.1) is 0 Å². The van der Waals surface area contributed by atoms with Gasteiger partial charge in [0.15, 0.2) is 5.76 Å². The van der Waals surface area contributed by atoms with E-state index in [-0.39, 0.29) is 33.9 Å². The van der Waals surface area contributed by atoms with Gasteiger partial charge in [0.2, 0.25) is 11.6 Å². The van der Waals surface area contributed by atoms with Crippen LogP contribution in [0.1, 0.15) is 62.1 Å². The highest BCUT2D eigenvalue weighted by Crippen LogP contribution is 2.43. The number of aldehydes is 1. The van der Waals surface area contributed by atoms with E-state index >= 15 is 0 Å². The number of carbonyl (C=O) groups is 1. The number of rotatable bonds is 7. The number of hydrogen-bond acceptors (Lipinski definition) is 9. The van der Waals surface area contributed by atoms with Crippen LogP contribution in [0.25, 0.3) is 17.5 Å². The van der Waals surface area contributed by atoms with E-state index in [1.165, 1.54) is 42.4 Å². The van der Waals surface area contributed by atoms with Crippen molar-refractivity contribution in [2.75, 3.05) is 20.8 Å². The molecule has 14 heteroatoms. The second-order valence-corrected chi connectivity index (χ2v) is 11.7. The summed E-state index contributed by atoms with van der Waals surface area (Å²) < 4.78 is 62.1. The second kappa shape index (κ2) is 16.5. The molecule has 2 aromatic heterocycles. The lowest BCUT2D eigenvalue weighted by Crippen LogP contribution is -2.54. The number of morpholine rings is 1. The minimum absolute atomic E-state index is 0. The fourth-order valence-electron chi connectivity index (χ4n) is 5.56. The molecule has 0 N–H and O–H groups in total.